The number of nitrogens with zero attached hydrogens (tertiary/aromatic N) is 1. The molecule has 2 aliphatic rings. The van der Waals surface area contributed by atoms with Crippen molar-refractivity contribution in [2.45, 2.75) is 19.4 Å². The van der Waals surface area contributed by atoms with Gasteiger partial charge in [-0.3, -0.25) is 4.90 Å². The minimum atomic E-state index is 0.675. The molecule has 1 saturated heterocycles. The van der Waals surface area contributed by atoms with Crippen LogP contribution in [0.5, 0.6) is 0 Å². The van der Waals surface area contributed by atoms with Gasteiger partial charge in [-0.1, -0.05) is 11.6 Å². The molecule has 0 aromatic heterocycles. The maximum Gasteiger partial charge on any atom is 0.0625 e. The van der Waals surface area contributed by atoms with E-state index in [4.69, 9.17) is 4.74 Å². The Balaban J connectivity index is 2.04. The van der Waals surface area contributed by atoms with E-state index in [1.54, 1.807) is 0 Å². The average Bonchev–Trinajstić information content (AvgIpc) is 2.04. The number of morpholine rings is 1. The first-order valence-corrected chi connectivity index (χ1v) is 4.33. The Labute approximate surface area is 67.8 Å². The zero-order valence-electron chi connectivity index (χ0n) is 7.05. The van der Waals surface area contributed by atoms with Crippen LogP contribution in [-0.4, -0.2) is 37.2 Å². The van der Waals surface area contributed by atoms with Crippen molar-refractivity contribution in [2.24, 2.45) is 0 Å². The molecule has 1 unspecified atom stereocenters. The van der Waals surface area contributed by atoms with Gasteiger partial charge in [-0.15, -0.1) is 0 Å². The zero-order valence-corrected chi connectivity index (χ0v) is 7.05. The normalized spacial score (nSPS) is 32.8. The van der Waals surface area contributed by atoms with Gasteiger partial charge in [0.15, 0.2) is 0 Å². The summed E-state index contributed by atoms with van der Waals surface area (Å²) in [5, 5.41) is 0. The van der Waals surface area contributed by atoms with Crippen LogP contribution in [0.1, 0.15) is 13.3 Å². The summed E-state index contributed by atoms with van der Waals surface area (Å²) in [4.78, 5) is 2.51. The van der Waals surface area contributed by atoms with Gasteiger partial charge in [0, 0.05) is 19.1 Å². The molecule has 2 heteroatoms. The molecule has 0 aromatic carbocycles. The lowest BCUT2D eigenvalue weighted by Gasteiger charge is -2.37. The summed E-state index contributed by atoms with van der Waals surface area (Å²) in [5.74, 6) is 0. The Morgan fingerprint density at radius 1 is 1.64 bits per heavy atom. The van der Waals surface area contributed by atoms with Gasteiger partial charge in [0.1, 0.15) is 0 Å². The Hall–Kier alpha value is -0.340. The summed E-state index contributed by atoms with van der Waals surface area (Å²) in [6.45, 7) is 6.33. The Kier molecular flexibility index (Phi) is 1.96. The largest absolute Gasteiger partial charge is 0.378 e. The Bertz CT molecular complexity index is 176. The second-order valence-electron chi connectivity index (χ2n) is 3.48. The third-order valence-corrected chi connectivity index (χ3v) is 2.58. The van der Waals surface area contributed by atoms with Crippen molar-refractivity contribution in [1.82, 2.24) is 4.90 Å². The van der Waals surface area contributed by atoms with E-state index in [1.165, 1.54) is 12.0 Å². The lowest BCUT2D eigenvalue weighted by molar-refractivity contribution is -0.00490. The van der Waals surface area contributed by atoms with Gasteiger partial charge in [0.25, 0.3) is 0 Å². The summed E-state index contributed by atoms with van der Waals surface area (Å²) in [5.41, 5.74) is 1.52. The molecule has 0 aromatic rings. The van der Waals surface area contributed by atoms with Gasteiger partial charge in [-0.25, -0.2) is 0 Å². The molecule has 0 bridgehead atoms. The van der Waals surface area contributed by atoms with Crippen molar-refractivity contribution in [2.75, 3.05) is 26.3 Å². The average molecular weight is 153 g/mol. The van der Waals surface area contributed by atoms with E-state index in [9.17, 15) is 0 Å². The highest BCUT2D eigenvalue weighted by Gasteiger charge is 2.24. The van der Waals surface area contributed by atoms with E-state index in [0.29, 0.717) is 6.04 Å². The number of rotatable bonds is 0. The van der Waals surface area contributed by atoms with Crippen LogP contribution >= 0.6 is 0 Å². The van der Waals surface area contributed by atoms with Crippen LogP contribution < -0.4 is 0 Å². The van der Waals surface area contributed by atoms with Gasteiger partial charge >= 0.3 is 0 Å². The molecular weight excluding hydrogens is 138 g/mol. The lowest BCUT2D eigenvalue weighted by atomic mass is 10.0. The van der Waals surface area contributed by atoms with Crippen molar-refractivity contribution >= 4 is 0 Å². The first kappa shape index (κ1) is 7.32. The molecule has 0 amide bonds. The SMILES string of the molecule is CC1=CCN2CCOCC2C1. The molecule has 11 heavy (non-hydrogen) atoms. The molecule has 0 N–H and O–H groups in total. The molecule has 2 rings (SSSR count). The first-order chi connectivity index (χ1) is 5.36. The van der Waals surface area contributed by atoms with Gasteiger partial charge in [0.05, 0.1) is 13.2 Å². The van der Waals surface area contributed by atoms with Crippen LogP contribution in [0.4, 0.5) is 0 Å². The van der Waals surface area contributed by atoms with E-state index in [-0.39, 0.29) is 0 Å². The molecule has 0 spiro atoms. The van der Waals surface area contributed by atoms with Crippen molar-refractivity contribution in [3.05, 3.63) is 11.6 Å². The standard InChI is InChI=1S/C9H15NO/c1-8-2-3-10-4-5-11-7-9(10)6-8/h2,9H,3-7H2,1H3. The summed E-state index contributed by atoms with van der Waals surface area (Å²) in [6.07, 6.45) is 3.54. The summed E-state index contributed by atoms with van der Waals surface area (Å²) < 4.78 is 5.42. The molecule has 0 radical (unpaired) electrons. The predicted octanol–water partition coefficient (Wildman–Crippen LogP) is 1.04. The fourth-order valence-corrected chi connectivity index (χ4v) is 1.85. The zero-order chi connectivity index (χ0) is 7.68. The smallest absolute Gasteiger partial charge is 0.0625 e. The van der Waals surface area contributed by atoms with Crippen LogP contribution in [0.25, 0.3) is 0 Å². The molecule has 2 nitrogen and oxygen atoms in total. The van der Waals surface area contributed by atoms with Crippen LogP contribution in [0.3, 0.4) is 0 Å². The molecule has 2 aliphatic heterocycles. The molecule has 2 heterocycles. The topological polar surface area (TPSA) is 12.5 Å². The molecule has 62 valence electrons. The fraction of sp³-hybridized carbons (Fsp3) is 0.778. The van der Waals surface area contributed by atoms with Gasteiger partial charge in [-0.05, 0) is 13.3 Å². The maximum atomic E-state index is 5.42. The van der Waals surface area contributed by atoms with Gasteiger partial charge in [-0.2, -0.15) is 0 Å². The quantitative estimate of drug-likeness (QED) is 0.482. The van der Waals surface area contributed by atoms with Crippen LogP contribution in [-0.2, 0) is 4.74 Å². The second kappa shape index (κ2) is 2.95. The summed E-state index contributed by atoms with van der Waals surface area (Å²) in [7, 11) is 0. The number of fused-ring (bicyclic) bond motifs is 1. The van der Waals surface area contributed by atoms with Gasteiger partial charge < -0.3 is 4.74 Å². The lowest BCUT2D eigenvalue weighted by Crippen LogP contribution is -2.47. The summed E-state index contributed by atoms with van der Waals surface area (Å²) in [6, 6.07) is 0.675. The molecule has 1 atom stereocenters. The third-order valence-electron chi connectivity index (χ3n) is 2.58. The second-order valence-corrected chi connectivity index (χ2v) is 3.48. The third kappa shape index (κ3) is 1.47. The Morgan fingerprint density at radius 2 is 2.55 bits per heavy atom. The van der Waals surface area contributed by atoms with E-state index in [1.807, 2.05) is 0 Å². The first-order valence-electron chi connectivity index (χ1n) is 4.33. The maximum absolute atomic E-state index is 5.42. The monoisotopic (exact) mass is 153 g/mol. The Morgan fingerprint density at radius 3 is 3.45 bits per heavy atom. The molecule has 1 fully saturated rings. The molecule has 0 aliphatic carbocycles. The highest BCUT2D eigenvalue weighted by molar-refractivity contribution is 5.07. The minimum absolute atomic E-state index is 0.675. The summed E-state index contributed by atoms with van der Waals surface area (Å²) >= 11 is 0. The highest BCUT2D eigenvalue weighted by atomic mass is 16.5. The number of hydrogen-bond acceptors (Lipinski definition) is 2. The molecular formula is C9H15NO. The van der Waals surface area contributed by atoms with E-state index < -0.39 is 0 Å². The van der Waals surface area contributed by atoms with Crippen LogP contribution in [0.2, 0.25) is 0 Å². The van der Waals surface area contributed by atoms with Crippen molar-refractivity contribution in [3.63, 3.8) is 0 Å². The fourth-order valence-electron chi connectivity index (χ4n) is 1.85. The van der Waals surface area contributed by atoms with Crippen molar-refractivity contribution < 1.29 is 4.74 Å². The molecule has 0 saturated carbocycles. The van der Waals surface area contributed by atoms with Gasteiger partial charge in [0.2, 0.25) is 0 Å². The number of hydrogen-bond donors (Lipinski definition) is 0. The van der Waals surface area contributed by atoms with Crippen molar-refractivity contribution in [1.29, 1.82) is 0 Å². The van der Waals surface area contributed by atoms with Crippen LogP contribution in [0.15, 0.2) is 11.6 Å². The highest BCUT2D eigenvalue weighted by Crippen LogP contribution is 2.19. The van der Waals surface area contributed by atoms with Crippen LogP contribution in [0, 0.1) is 0 Å². The van der Waals surface area contributed by atoms with Crippen molar-refractivity contribution in [3.8, 4) is 0 Å². The minimum Gasteiger partial charge on any atom is -0.378 e. The van der Waals surface area contributed by atoms with E-state index in [2.05, 4.69) is 17.9 Å². The van der Waals surface area contributed by atoms with E-state index in [0.717, 1.165) is 26.3 Å². The number of ether oxygens (including phenoxy) is 1. The predicted molar refractivity (Wildman–Crippen MR) is 44.6 cm³/mol. The van der Waals surface area contributed by atoms with E-state index >= 15 is 0 Å².